The molecular weight excluding hydrogens is 602 g/mol. The Hall–Kier alpha value is -2.71. The van der Waals surface area contributed by atoms with Crippen LogP contribution >= 0.6 is 23.2 Å². The highest BCUT2D eigenvalue weighted by molar-refractivity contribution is 7.91. The molecule has 3 aromatic rings. The van der Waals surface area contributed by atoms with Crippen molar-refractivity contribution in [3.05, 3.63) is 82.1 Å². The van der Waals surface area contributed by atoms with Crippen molar-refractivity contribution in [1.29, 1.82) is 0 Å². The number of hydrogen-bond donors (Lipinski definition) is 1. The van der Waals surface area contributed by atoms with Crippen molar-refractivity contribution in [3.8, 4) is 0 Å². The molecule has 2 heterocycles. The number of sulfone groups is 1. The highest BCUT2D eigenvalue weighted by Gasteiger charge is 2.39. The summed E-state index contributed by atoms with van der Waals surface area (Å²) in [6, 6.07) is 10.5. The van der Waals surface area contributed by atoms with E-state index < -0.39 is 53.3 Å². The molecular formula is C24H20Cl2F3N3O5S2. The maximum Gasteiger partial charge on any atom is 0.417 e. The average Bonchev–Trinajstić information content (AvgIpc) is 2.87. The molecule has 1 aliphatic rings. The predicted molar refractivity (Wildman–Crippen MR) is 137 cm³/mol. The van der Waals surface area contributed by atoms with Crippen LogP contribution in [0.1, 0.15) is 28.8 Å². The minimum Gasteiger partial charge on any atom is -0.339 e. The van der Waals surface area contributed by atoms with Gasteiger partial charge in [0.25, 0.3) is 5.91 Å². The van der Waals surface area contributed by atoms with Gasteiger partial charge in [-0.25, -0.2) is 26.5 Å². The van der Waals surface area contributed by atoms with E-state index >= 15 is 0 Å². The first-order valence-electron chi connectivity index (χ1n) is 11.3. The largest absolute Gasteiger partial charge is 0.417 e. The quantitative estimate of drug-likeness (QED) is 0.395. The van der Waals surface area contributed by atoms with Crippen molar-refractivity contribution in [2.24, 2.45) is 0 Å². The molecule has 0 radical (unpaired) electrons. The van der Waals surface area contributed by atoms with E-state index in [-0.39, 0.29) is 46.7 Å². The zero-order valence-electron chi connectivity index (χ0n) is 19.8. The molecule has 1 saturated heterocycles. The number of amides is 1. The summed E-state index contributed by atoms with van der Waals surface area (Å²) >= 11 is 11.7. The van der Waals surface area contributed by atoms with E-state index in [0.29, 0.717) is 12.1 Å². The lowest BCUT2D eigenvalue weighted by Crippen LogP contribution is -2.46. The van der Waals surface area contributed by atoms with Gasteiger partial charge in [-0.3, -0.25) is 4.79 Å². The van der Waals surface area contributed by atoms with Gasteiger partial charge in [0.2, 0.25) is 19.9 Å². The van der Waals surface area contributed by atoms with E-state index in [9.17, 15) is 34.8 Å². The number of carbonyl (C=O) groups excluding carboxylic acids is 1. The van der Waals surface area contributed by atoms with Crippen molar-refractivity contribution >= 4 is 49.0 Å². The predicted octanol–water partition coefficient (Wildman–Crippen LogP) is 4.82. The normalized spacial score (nSPS) is 15.4. The number of aromatic nitrogens is 1. The Labute approximate surface area is 232 Å². The first kappa shape index (κ1) is 29.3. The Morgan fingerprint density at radius 1 is 0.897 bits per heavy atom. The van der Waals surface area contributed by atoms with Gasteiger partial charge in [0, 0.05) is 24.7 Å². The van der Waals surface area contributed by atoms with E-state index in [0.717, 1.165) is 6.07 Å². The maximum atomic E-state index is 13.8. The van der Waals surface area contributed by atoms with E-state index in [1.807, 2.05) is 0 Å². The van der Waals surface area contributed by atoms with Crippen LogP contribution in [0.15, 0.2) is 75.4 Å². The number of alkyl halides is 3. The maximum absolute atomic E-state index is 13.8. The van der Waals surface area contributed by atoms with E-state index in [4.69, 9.17) is 23.2 Å². The minimum absolute atomic E-state index is 0.0190. The van der Waals surface area contributed by atoms with Crippen molar-refractivity contribution in [2.75, 3.05) is 13.1 Å². The first-order chi connectivity index (χ1) is 18.2. The molecule has 2 aromatic carbocycles. The second-order valence-corrected chi connectivity index (χ2v) is 13.1. The summed E-state index contributed by atoms with van der Waals surface area (Å²) in [5, 5.41) is 0.0379. The van der Waals surface area contributed by atoms with Gasteiger partial charge in [-0.05, 0) is 55.3 Å². The second kappa shape index (κ2) is 11.0. The van der Waals surface area contributed by atoms with Crippen LogP contribution < -0.4 is 4.72 Å². The molecule has 4 rings (SSSR count). The van der Waals surface area contributed by atoms with Crippen molar-refractivity contribution in [3.63, 3.8) is 0 Å². The number of nitrogens with one attached hydrogen (secondary N) is 1. The summed E-state index contributed by atoms with van der Waals surface area (Å²) in [5.74, 6) is -0.416. The average molecular weight is 622 g/mol. The lowest BCUT2D eigenvalue weighted by atomic mass is 10.1. The Morgan fingerprint density at radius 3 is 2.05 bits per heavy atom. The van der Waals surface area contributed by atoms with Gasteiger partial charge in [-0.15, -0.1) is 0 Å². The summed E-state index contributed by atoms with van der Waals surface area (Å²) in [6.45, 7) is 0.191. The molecule has 8 nitrogen and oxygen atoms in total. The standard InChI is InChI=1S/C24H20Cl2F3N3O5S2/c25-21-12-15(13-22(26)30-21)23(33)32-10-8-16(9-11-32)31-39(36,37)20-14-18(6-7-19(20)24(27,28)29)38(34,35)17-4-2-1-3-5-17/h1-7,12-14,16,31H,8-11H2. The zero-order chi connectivity index (χ0) is 28.6. The van der Waals surface area contributed by atoms with Crippen LogP contribution in [-0.4, -0.2) is 51.8 Å². The molecule has 208 valence electrons. The summed E-state index contributed by atoms with van der Waals surface area (Å²) in [6.07, 6.45) is -4.87. The molecule has 0 atom stereocenters. The van der Waals surface area contributed by atoms with Gasteiger partial charge >= 0.3 is 6.18 Å². The van der Waals surface area contributed by atoms with Gasteiger partial charge < -0.3 is 4.90 Å². The number of carbonyl (C=O) groups is 1. The third-order valence-electron chi connectivity index (χ3n) is 6.03. The molecule has 0 aliphatic carbocycles. The van der Waals surface area contributed by atoms with Crippen molar-refractivity contribution < 1.29 is 34.8 Å². The smallest absolute Gasteiger partial charge is 0.339 e. The lowest BCUT2D eigenvalue weighted by Gasteiger charge is -2.32. The van der Waals surface area contributed by atoms with E-state index in [1.165, 1.54) is 41.3 Å². The van der Waals surface area contributed by atoms with Crippen LogP contribution in [-0.2, 0) is 26.0 Å². The van der Waals surface area contributed by atoms with E-state index in [1.54, 1.807) is 6.07 Å². The number of piperidine rings is 1. The summed E-state index contributed by atoms with van der Waals surface area (Å²) in [5.41, 5.74) is -1.31. The Kier molecular flexibility index (Phi) is 8.29. The van der Waals surface area contributed by atoms with Gasteiger partial charge in [0.15, 0.2) is 0 Å². The monoisotopic (exact) mass is 621 g/mol. The number of sulfonamides is 1. The number of nitrogens with zero attached hydrogens (tertiary/aromatic N) is 2. The van der Waals surface area contributed by atoms with Crippen LogP contribution in [0.5, 0.6) is 0 Å². The minimum atomic E-state index is -5.07. The molecule has 0 spiro atoms. The number of hydrogen-bond acceptors (Lipinski definition) is 6. The third-order valence-corrected chi connectivity index (χ3v) is 9.74. The molecule has 0 saturated carbocycles. The van der Waals surface area contributed by atoms with Crippen LogP contribution in [0.25, 0.3) is 0 Å². The Morgan fingerprint density at radius 2 is 1.49 bits per heavy atom. The third kappa shape index (κ3) is 6.55. The van der Waals surface area contributed by atoms with Gasteiger partial charge in [0.05, 0.1) is 20.2 Å². The fourth-order valence-corrected chi connectivity index (χ4v) is 7.52. The molecule has 1 amide bonds. The van der Waals surface area contributed by atoms with Gasteiger partial charge in [0.1, 0.15) is 10.3 Å². The topological polar surface area (TPSA) is 114 Å². The van der Waals surface area contributed by atoms with Crippen LogP contribution in [0, 0.1) is 0 Å². The van der Waals surface area contributed by atoms with Crippen molar-refractivity contribution in [2.45, 2.75) is 39.7 Å². The molecule has 0 bridgehead atoms. The second-order valence-electron chi connectivity index (χ2n) is 8.66. The molecule has 1 N–H and O–H groups in total. The Bertz CT molecular complexity index is 1590. The molecule has 1 aromatic heterocycles. The van der Waals surface area contributed by atoms with Crippen LogP contribution in [0.4, 0.5) is 13.2 Å². The summed E-state index contributed by atoms with van der Waals surface area (Å²) in [7, 11) is -9.11. The molecule has 0 unspecified atom stereocenters. The fourth-order valence-electron chi connectivity index (χ4n) is 4.12. The number of likely N-dealkylation sites (tertiary alicyclic amines) is 1. The lowest BCUT2D eigenvalue weighted by molar-refractivity contribution is -0.139. The number of halogens is 5. The van der Waals surface area contributed by atoms with Gasteiger partial charge in [-0.2, -0.15) is 13.2 Å². The van der Waals surface area contributed by atoms with Crippen LogP contribution in [0.2, 0.25) is 10.3 Å². The number of rotatable bonds is 6. The van der Waals surface area contributed by atoms with E-state index in [2.05, 4.69) is 9.71 Å². The summed E-state index contributed by atoms with van der Waals surface area (Å²) in [4.78, 5) is 16.0. The number of benzene rings is 2. The molecule has 1 aliphatic heterocycles. The number of pyridine rings is 1. The highest BCUT2D eigenvalue weighted by atomic mass is 35.5. The highest BCUT2D eigenvalue weighted by Crippen LogP contribution is 2.36. The Balaban J connectivity index is 1.57. The van der Waals surface area contributed by atoms with Crippen molar-refractivity contribution in [1.82, 2.24) is 14.6 Å². The molecule has 15 heteroatoms. The molecule has 39 heavy (non-hydrogen) atoms. The van der Waals surface area contributed by atoms with Crippen LogP contribution in [0.3, 0.4) is 0 Å². The SMILES string of the molecule is O=C(c1cc(Cl)nc(Cl)c1)N1CCC(NS(=O)(=O)c2cc(S(=O)(=O)c3ccccc3)ccc2C(F)(F)F)CC1. The molecule has 1 fully saturated rings. The fraction of sp³-hybridized carbons (Fsp3) is 0.250. The zero-order valence-corrected chi connectivity index (χ0v) is 23.0. The van der Waals surface area contributed by atoms with Gasteiger partial charge in [-0.1, -0.05) is 41.4 Å². The first-order valence-corrected chi connectivity index (χ1v) is 15.1. The summed E-state index contributed by atoms with van der Waals surface area (Å²) < 4.78 is 95.8.